The highest BCUT2D eigenvalue weighted by Gasteiger charge is 2.51. The molecule has 5 nitrogen and oxygen atoms in total. The Hall–Kier alpha value is -7.72. The lowest BCUT2D eigenvalue weighted by Gasteiger charge is -2.39. The number of hydrogen-bond acceptors (Lipinski definition) is 4. The monoisotopic (exact) mass is 781 g/mol. The Morgan fingerprint density at radius 3 is 1.40 bits per heavy atom. The molecule has 13 rings (SSSR count). The summed E-state index contributed by atoms with van der Waals surface area (Å²) in [6.45, 7) is 0. The van der Waals surface area contributed by atoms with Crippen LogP contribution in [0.2, 0.25) is 0 Å². The molecule has 1 aliphatic heterocycles. The SMILES string of the molecule is N#Cc1c(-n2c3ccccc3c3ccccc32)cc(-c2ccc3c(c2)C2(c4ccccc4S3)c3cccnc3-c3ncccc32)cc1-n1c2ccccc2c2ccccc21. The van der Waals surface area contributed by atoms with E-state index in [2.05, 4.69) is 191 Å². The molecule has 0 saturated carbocycles. The topological polar surface area (TPSA) is 59.4 Å². The first kappa shape index (κ1) is 33.3. The minimum Gasteiger partial charge on any atom is -0.308 e. The molecule has 4 aromatic heterocycles. The molecule has 0 N–H and O–H groups in total. The van der Waals surface area contributed by atoms with Crippen LogP contribution in [-0.4, -0.2) is 19.1 Å². The Bertz CT molecular complexity index is 3390. The lowest BCUT2D eigenvalue weighted by molar-refractivity contribution is 0.720. The second kappa shape index (κ2) is 12.4. The van der Waals surface area contributed by atoms with Crippen molar-refractivity contribution in [2.24, 2.45) is 0 Å². The van der Waals surface area contributed by atoms with Crippen LogP contribution in [-0.2, 0) is 5.41 Å². The summed E-state index contributed by atoms with van der Waals surface area (Å²) >= 11 is 1.82. The zero-order valence-electron chi connectivity index (χ0n) is 32.0. The number of pyridine rings is 2. The maximum atomic E-state index is 11.4. The zero-order valence-corrected chi connectivity index (χ0v) is 32.9. The van der Waals surface area contributed by atoms with Crippen molar-refractivity contribution in [3.8, 4) is 40.0 Å². The third kappa shape index (κ3) is 4.31. The molecule has 0 fully saturated rings. The summed E-state index contributed by atoms with van der Waals surface area (Å²) in [5.74, 6) is 0. The first-order valence-corrected chi connectivity index (χ1v) is 20.9. The minimum absolute atomic E-state index is 0.603. The number of para-hydroxylation sites is 4. The average molecular weight is 782 g/mol. The molecule has 60 heavy (non-hydrogen) atoms. The maximum absolute atomic E-state index is 11.4. The fourth-order valence-electron chi connectivity index (χ4n) is 10.3. The van der Waals surface area contributed by atoms with Crippen LogP contribution >= 0.6 is 11.8 Å². The number of fused-ring (bicyclic) bond motifs is 15. The molecule has 7 aromatic carbocycles. The number of nitriles is 1. The molecular formula is C54H31N5S. The molecule has 1 spiro atoms. The van der Waals surface area contributed by atoms with Crippen molar-refractivity contribution in [3.63, 3.8) is 0 Å². The summed E-state index contributed by atoms with van der Waals surface area (Å²) in [6.07, 6.45) is 3.75. The number of rotatable bonds is 3. The molecule has 0 amide bonds. The van der Waals surface area contributed by atoms with Gasteiger partial charge in [-0.05, 0) is 100 Å². The normalized spacial score (nSPS) is 13.4. The van der Waals surface area contributed by atoms with Gasteiger partial charge in [0.1, 0.15) is 11.6 Å². The lowest BCUT2D eigenvalue weighted by atomic mass is 9.67. The van der Waals surface area contributed by atoms with Gasteiger partial charge < -0.3 is 9.13 Å². The molecule has 278 valence electrons. The van der Waals surface area contributed by atoms with Crippen molar-refractivity contribution in [3.05, 3.63) is 216 Å². The highest BCUT2D eigenvalue weighted by atomic mass is 32.2. The van der Waals surface area contributed by atoms with Crippen LogP contribution < -0.4 is 0 Å². The first-order valence-electron chi connectivity index (χ1n) is 20.1. The highest BCUT2D eigenvalue weighted by molar-refractivity contribution is 7.99. The predicted molar refractivity (Wildman–Crippen MR) is 242 cm³/mol. The van der Waals surface area contributed by atoms with Gasteiger partial charge >= 0.3 is 0 Å². The molecule has 1 aliphatic carbocycles. The Kier molecular flexibility index (Phi) is 6.87. The molecule has 0 atom stereocenters. The minimum atomic E-state index is -0.627. The standard InChI is InChI=1S/C54H31N5S/c55-32-39-48(58-44-20-6-1-13-35(44)36-14-2-7-21-45(36)58)30-34(31-49(39)59-46-22-8-3-15-37(46)38-16-4-9-23-47(38)59)33-25-26-51-43(29-33)54(40-17-5-10-24-50(40)60-51)41-18-11-27-56-52(41)53-42(54)19-12-28-57-53/h1-31H. The Morgan fingerprint density at radius 2 is 0.883 bits per heavy atom. The number of hydrogen-bond donors (Lipinski definition) is 0. The molecule has 5 heterocycles. The summed E-state index contributed by atoms with van der Waals surface area (Å²) in [5.41, 5.74) is 14.5. The van der Waals surface area contributed by atoms with E-state index >= 15 is 0 Å². The van der Waals surface area contributed by atoms with Gasteiger partial charge in [0.05, 0.1) is 50.2 Å². The lowest BCUT2D eigenvalue weighted by Crippen LogP contribution is -2.32. The van der Waals surface area contributed by atoms with Crippen LogP contribution in [0.1, 0.15) is 27.8 Å². The molecule has 2 aliphatic rings. The van der Waals surface area contributed by atoms with Crippen molar-refractivity contribution in [1.82, 2.24) is 19.1 Å². The summed E-state index contributed by atoms with van der Waals surface area (Å²) in [7, 11) is 0. The van der Waals surface area contributed by atoms with Crippen molar-refractivity contribution >= 4 is 55.4 Å². The quantitative estimate of drug-likeness (QED) is 0.179. The number of nitrogens with zero attached hydrogens (tertiary/aromatic N) is 5. The van der Waals surface area contributed by atoms with Crippen LogP contribution in [0.4, 0.5) is 0 Å². The Balaban J connectivity index is 1.16. The third-order valence-electron chi connectivity index (χ3n) is 12.7. The maximum Gasteiger partial charge on any atom is 0.104 e. The summed E-state index contributed by atoms with van der Waals surface area (Å²) in [5, 5.41) is 16.0. The molecule has 6 heteroatoms. The fourth-order valence-corrected chi connectivity index (χ4v) is 11.5. The van der Waals surface area contributed by atoms with Gasteiger partial charge in [0.15, 0.2) is 0 Å². The predicted octanol–water partition coefficient (Wildman–Crippen LogP) is 13.0. The number of aromatic nitrogens is 4. The van der Waals surface area contributed by atoms with E-state index in [0.717, 1.165) is 88.6 Å². The van der Waals surface area contributed by atoms with Crippen molar-refractivity contribution in [2.75, 3.05) is 0 Å². The summed E-state index contributed by atoms with van der Waals surface area (Å²) in [6, 6.07) is 65.6. The van der Waals surface area contributed by atoms with Crippen LogP contribution in [0.3, 0.4) is 0 Å². The van der Waals surface area contributed by atoms with Crippen LogP contribution in [0.5, 0.6) is 0 Å². The molecular weight excluding hydrogens is 751 g/mol. The molecule has 0 bridgehead atoms. The molecule has 11 aromatic rings. The van der Waals surface area contributed by atoms with E-state index in [4.69, 9.17) is 9.97 Å². The molecule has 0 unspecified atom stereocenters. The largest absolute Gasteiger partial charge is 0.308 e. The zero-order chi connectivity index (χ0) is 39.5. The van der Waals surface area contributed by atoms with E-state index in [0.29, 0.717) is 5.56 Å². The van der Waals surface area contributed by atoms with Gasteiger partial charge in [-0.15, -0.1) is 0 Å². The van der Waals surface area contributed by atoms with E-state index in [9.17, 15) is 5.26 Å². The van der Waals surface area contributed by atoms with E-state index in [1.165, 1.54) is 20.9 Å². The van der Waals surface area contributed by atoms with Gasteiger partial charge in [-0.25, -0.2) is 0 Å². The smallest absolute Gasteiger partial charge is 0.104 e. The van der Waals surface area contributed by atoms with Gasteiger partial charge in [0.25, 0.3) is 0 Å². The van der Waals surface area contributed by atoms with E-state index in [1.54, 1.807) is 0 Å². The van der Waals surface area contributed by atoms with Crippen LogP contribution in [0.25, 0.3) is 77.5 Å². The average Bonchev–Trinajstić information content (AvgIpc) is 3.93. The fraction of sp³-hybridized carbons (Fsp3) is 0.0185. The van der Waals surface area contributed by atoms with Gasteiger partial charge in [-0.3, -0.25) is 9.97 Å². The second-order valence-corrected chi connectivity index (χ2v) is 16.7. The van der Waals surface area contributed by atoms with Gasteiger partial charge in [-0.2, -0.15) is 5.26 Å². The van der Waals surface area contributed by atoms with Gasteiger partial charge in [0.2, 0.25) is 0 Å². The van der Waals surface area contributed by atoms with Crippen LogP contribution in [0.15, 0.2) is 198 Å². The number of benzene rings is 7. The van der Waals surface area contributed by atoms with E-state index in [1.807, 2.05) is 24.2 Å². The second-order valence-electron chi connectivity index (χ2n) is 15.6. The summed E-state index contributed by atoms with van der Waals surface area (Å²) < 4.78 is 4.58. The third-order valence-corrected chi connectivity index (χ3v) is 13.9. The summed E-state index contributed by atoms with van der Waals surface area (Å²) in [4.78, 5) is 12.4. The van der Waals surface area contributed by atoms with E-state index < -0.39 is 5.41 Å². The van der Waals surface area contributed by atoms with Gasteiger partial charge in [-0.1, -0.05) is 121 Å². The first-order chi connectivity index (χ1) is 29.7. The van der Waals surface area contributed by atoms with Crippen molar-refractivity contribution < 1.29 is 0 Å². The Labute approximate surface area is 349 Å². The molecule has 0 saturated heterocycles. The van der Waals surface area contributed by atoms with Gasteiger partial charge in [0, 0.05) is 43.7 Å². The Morgan fingerprint density at radius 1 is 0.433 bits per heavy atom. The van der Waals surface area contributed by atoms with E-state index in [-0.39, 0.29) is 0 Å². The molecule has 0 radical (unpaired) electrons. The van der Waals surface area contributed by atoms with Crippen molar-refractivity contribution in [2.45, 2.75) is 15.2 Å². The van der Waals surface area contributed by atoms with Crippen molar-refractivity contribution in [1.29, 1.82) is 5.26 Å². The van der Waals surface area contributed by atoms with Crippen LogP contribution in [0, 0.1) is 11.3 Å². The highest BCUT2D eigenvalue weighted by Crippen LogP contribution is 2.61.